The number of hydrogen-bond acceptors (Lipinski definition) is 4. The molecule has 0 amide bonds. The van der Waals surface area contributed by atoms with E-state index in [9.17, 15) is 0 Å². The Hall–Kier alpha value is -0.940. The number of hydrogen-bond donors (Lipinski definition) is 0. The van der Waals surface area contributed by atoms with Gasteiger partial charge in [0.05, 0.1) is 13.0 Å². The molecule has 1 saturated carbocycles. The topological polar surface area (TPSA) is 39.9 Å². The summed E-state index contributed by atoms with van der Waals surface area (Å²) in [7, 11) is 1.64. The standard InChI is InChI=1S/C15H20ClN3OS/c1-20-14-8-7-10-15(18-14)19(13(9-16)17-10)11-5-3-4-6-12(11)21-2/h7-8,11-12H,3-6,9H2,1-2H3. The molecule has 0 aliphatic heterocycles. The minimum Gasteiger partial charge on any atom is -0.481 e. The number of pyridine rings is 1. The zero-order valence-corrected chi connectivity index (χ0v) is 14.0. The molecule has 2 atom stereocenters. The number of ether oxygens (including phenoxy) is 1. The summed E-state index contributed by atoms with van der Waals surface area (Å²) >= 11 is 8.08. The van der Waals surface area contributed by atoms with Crippen molar-refractivity contribution in [1.82, 2.24) is 14.5 Å². The molecule has 2 aromatic heterocycles. The number of halogens is 1. The highest BCUT2D eigenvalue weighted by atomic mass is 35.5. The van der Waals surface area contributed by atoms with Gasteiger partial charge in [0.2, 0.25) is 5.88 Å². The first-order valence-corrected chi connectivity index (χ1v) is 9.11. The summed E-state index contributed by atoms with van der Waals surface area (Å²) in [6.07, 6.45) is 7.17. The average Bonchev–Trinajstić information content (AvgIpc) is 2.92. The number of fused-ring (bicyclic) bond motifs is 1. The third-order valence-electron chi connectivity index (χ3n) is 4.22. The Morgan fingerprint density at radius 2 is 2.14 bits per heavy atom. The molecule has 0 N–H and O–H groups in total. The first kappa shape index (κ1) is 15.0. The average molecular weight is 326 g/mol. The maximum atomic E-state index is 6.14. The lowest BCUT2D eigenvalue weighted by Crippen LogP contribution is -2.26. The highest BCUT2D eigenvalue weighted by Crippen LogP contribution is 2.38. The van der Waals surface area contributed by atoms with Gasteiger partial charge in [0.15, 0.2) is 5.65 Å². The largest absolute Gasteiger partial charge is 0.481 e. The van der Waals surface area contributed by atoms with Crippen molar-refractivity contribution >= 4 is 34.5 Å². The number of nitrogens with zero attached hydrogens (tertiary/aromatic N) is 3. The van der Waals surface area contributed by atoms with Gasteiger partial charge in [-0.2, -0.15) is 16.7 Å². The van der Waals surface area contributed by atoms with E-state index >= 15 is 0 Å². The van der Waals surface area contributed by atoms with Gasteiger partial charge in [-0.3, -0.25) is 0 Å². The Bertz CT molecular complexity index is 631. The molecule has 0 radical (unpaired) electrons. The van der Waals surface area contributed by atoms with E-state index in [0.717, 1.165) is 17.0 Å². The maximum absolute atomic E-state index is 6.14. The summed E-state index contributed by atoms with van der Waals surface area (Å²) in [5.74, 6) is 1.95. The molecule has 0 aromatic carbocycles. The van der Waals surface area contributed by atoms with E-state index in [1.165, 1.54) is 25.7 Å². The molecule has 0 saturated heterocycles. The molecule has 0 spiro atoms. The van der Waals surface area contributed by atoms with Crippen molar-refractivity contribution in [1.29, 1.82) is 0 Å². The lowest BCUT2D eigenvalue weighted by molar-refractivity contribution is 0.362. The zero-order chi connectivity index (χ0) is 14.8. The molecular formula is C15H20ClN3OS. The Morgan fingerprint density at radius 3 is 2.86 bits per heavy atom. The molecule has 1 aliphatic rings. The summed E-state index contributed by atoms with van der Waals surface area (Å²) in [4.78, 5) is 9.27. The van der Waals surface area contributed by atoms with Gasteiger partial charge in [-0.1, -0.05) is 12.8 Å². The van der Waals surface area contributed by atoms with E-state index in [1.807, 2.05) is 23.9 Å². The van der Waals surface area contributed by atoms with Gasteiger partial charge in [-0.15, -0.1) is 11.6 Å². The summed E-state index contributed by atoms with van der Waals surface area (Å²) in [5.41, 5.74) is 1.80. The molecule has 114 valence electrons. The smallest absolute Gasteiger partial charge is 0.215 e. The maximum Gasteiger partial charge on any atom is 0.215 e. The predicted octanol–water partition coefficient (Wildman–Crippen LogP) is 4.03. The normalized spacial score (nSPS) is 22.6. The molecule has 2 aromatic rings. The Labute approximate surface area is 134 Å². The van der Waals surface area contributed by atoms with Crippen molar-refractivity contribution < 1.29 is 4.74 Å². The predicted molar refractivity (Wildman–Crippen MR) is 88.4 cm³/mol. The summed E-state index contributed by atoms with van der Waals surface area (Å²) in [6, 6.07) is 4.24. The van der Waals surface area contributed by atoms with Gasteiger partial charge >= 0.3 is 0 Å². The van der Waals surface area contributed by atoms with Crippen molar-refractivity contribution in [3.05, 3.63) is 18.0 Å². The van der Waals surface area contributed by atoms with Crippen LogP contribution in [0.5, 0.6) is 5.88 Å². The Kier molecular flexibility index (Phi) is 4.60. The number of thioether (sulfide) groups is 1. The third-order valence-corrected chi connectivity index (χ3v) is 5.61. The van der Waals surface area contributed by atoms with Crippen molar-refractivity contribution in [3.63, 3.8) is 0 Å². The number of alkyl halides is 1. The molecule has 2 heterocycles. The number of rotatable bonds is 4. The van der Waals surface area contributed by atoms with Crippen molar-refractivity contribution in [2.24, 2.45) is 0 Å². The van der Waals surface area contributed by atoms with Crippen LogP contribution in [0.15, 0.2) is 12.1 Å². The molecule has 0 bridgehead atoms. The third kappa shape index (κ3) is 2.73. The quantitative estimate of drug-likeness (QED) is 0.796. The van der Waals surface area contributed by atoms with E-state index in [2.05, 4.69) is 20.8 Å². The van der Waals surface area contributed by atoms with Crippen molar-refractivity contribution in [2.75, 3.05) is 13.4 Å². The van der Waals surface area contributed by atoms with Crippen LogP contribution in [0.2, 0.25) is 0 Å². The highest BCUT2D eigenvalue weighted by Gasteiger charge is 2.29. The molecule has 4 nitrogen and oxygen atoms in total. The van der Waals surface area contributed by atoms with Crippen molar-refractivity contribution in [3.8, 4) is 5.88 Å². The lowest BCUT2D eigenvalue weighted by Gasteiger charge is -2.32. The van der Waals surface area contributed by atoms with Gasteiger partial charge in [-0.05, 0) is 25.2 Å². The van der Waals surface area contributed by atoms with Gasteiger partial charge in [0.25, 0.3) is 0 Å². The summed E-state index contributed by atoms with van der Waals surface area (Å²) < 4.78 is 7.53. The Morgan fingerprint density at radius 1 is 1.33 bits per heavy atom. The van der Waals surface area contributed by atoms with E-state index < -0.39 is 0 Å². The second kappa shape index (κ2) is 6.44. The zero-order valence-electron chi connectivity index (χ0n) is 12.4. The monoisotopic (exact) mass is 325 g/mol. The van der Waals surface area contributed by atoms with E-state index in [1.54, 1.807) is 7.11 Å². The fourth-order valence-corrected chi connectivity index (χ4v) is 4.37. The highest BCUT2D eigenvalue weighted by molar-refractivity contribution is 7.99. The second-order valence-corrected chi connectivity index (χ2v) is 6.70. The number of imidazole rings is 1. The summed E-state index contributed by atoms with van der Waals surface area (Å²) in [6.45, 7) is 0. The van der Waals surface area contributed by atoms with Crippen LogP contribution in [0.25, 0.3) is 11.2 Å². The SMILES string of the molecule is COc1ccc2nc(CCl)n(C3CCCCC3SC)c2n1. The Balaban J connectivity index is 2.13. The van der Waals surface area contributed by atoms with Crippen LogP contribution in [0, 0.1) is 0 Å². The number of aromatic nitrogens is 3. The molecular weight excluding hydrogens is 306 g/mol. The lowest BCUT2D eigenvalue weighted by atomic mass is 9.94. The molecule has 1 fully saturated rings. The summed E-state index contributed by atoms with van der Waals surface area (Å²) in [5, 5.41) is 0.603. The minimum atomic E-state index is 0.413. The van der Waals surface area contributed by atoms with E-state index in [4.69, 9.17) is 16.3 Å². The van der Waals surface area contributed by atoms with Gasteiger partial charge in [0.1, 0.15) is 11.3 Å². The molecule has 6 heteroatoms. The second-order valence-electron chi connectivity index (χ2n) is 5.35. The molecule has 2 unspecified atom stereocenters. The van der Waals surface area contributed by atoms with Crippen LogP contribution < -0.4 is 4.74 Å². The van der Waals surface area contributed by atoms with Crippen LogP contribution >= 0.6 is 23.4 Å². The van der Waals surface area contributed by atoms with Crippen LogP contribution in [-0.4, -0.2) is 33.2 Å². The molecule has 21 heavy (non-hydrogen) atoms. The minimum absolute atomic E-state index is 0.413. The first-order chi connectivity index (χ1) is 10.3. The van der Waals surface area contributed by atoms with Crippen LogP contribution in [0.4, 0.5) is 0 Å². The number of methoxy groups -OCH3 is 1. The fourth-order valence-electron chi connectivity index (χ4n) is 3.21. The first-order valence-electron chi connectivity index (χ1n) is 7.29. The van der Waals surface area contributed by atoms with Crippen LogP contribution in [0.1, 0.15) is 37.5 Å². The molecule has 3 rings (SSSR count). The fraction of sp³-hybridized carbons (Fsp3) is 0.600. The van der Waals surface area contributed by atoms with Crippen LogP contribution in [0.3, 0.4) is 0 Å². The molecule has 1 aliphatic carbocycles. The van der Waals surface area contributed by atoms with Gasteiger partial charge in [0, 0.05) is 17.4 Å². The van der Waals surface area contributed by atoms with Gasteiger partial charge in [-0.25, -0.2) is 4.98 Å². The van der Waals surface area contributed by atoms with Gasteiger partial charge < -0.3 is 9.30 Å². The van der Waals surface area contributed by atoms with Crippen LogP contribution in [-0.2, 0) is 5.88 Å². The van der Waals surface area contributed by atoms with Crippen molar-refractivity contribution in [2.45, 2.75) is 42.9 Å². The van der Waals surface area contributed by atoms with E-state index in [-0.39, 0.29) is 0 Å². The van der Waals surface area contributed by atoms with E-state index in [0.29, 0.717) is 23.1 Å².